The van der Waals surface area contributed by atoms with Crippen LogP contribution in [0.3, 0.4) is 0 Å². The molecule has 3 rings (SSSR count). The maximum atomic E-state index is 12.8. The number of amides is 2. The summed E-state index contributed by atoms with van der Waals surface area (Å²) in [4.78, 5) is 26.5. The fourth-order valence-electron chi connectivity index (χ4n) is 4.06. The molecule has 28 heavy (non-hydrogen) atoms. The molecule has 3 N–H and O–H groups in total. The third kappa shape index (κ3) is 4.78. The van der Waals surface area contributed by atoms with Crippen LogP contribution in [0.25, 0.3) is 0 Å². The SMILES string of the molecule is Cc1cc(C)c(NC(=O)c2cccc(CN3CCC[C@@H](C(N)=O)C3)c2)c(C)c1. The highest BCUT2D eigenvalue weighted by atomic mass is 16.2. The minimum absolute atomic E-state index is 0.0762. The molecule has 1 saturated heterocycles. The third-order valence-electron chi connectivity index (χ3n) is 5.42. The summed E-state index contributed by atoms with van der Waals surface area (Å²) in [7, 11) is 0. The second kappa shape index (κ2) is 8.57. The van der Waals surface area contributed by atoms with E-state index >= 15 is 0 Å². The van der Waals surface area contributed by atoms with Crippen molar-refractivity contribution in [3.63, 3.8) is 0 Å². The summed E-state index contributed by atoms with van der Waals surface area (Å²) < 4.78 is 0. The lowest BCUT2D eigenvalue weighted by Gasteiger charge is -2.31. The predicted octanol–water partition coefficient (Wildman–Crippen LogP) is 3.56. The number of aryl methyl sites for hydroxylation is 3. The highest BCUT2D eigenvalue weighted by molar-refractivity contribution is 6.05. The van der Waals surface area contributed by atoms with Gasteiger partial charge in [0.2, 0.25) is 5.91 Å². The van der Waals surface area contributed by atoms with Gasteiger partial charge in [-0.15, -0.1) is 0 Å². The number of nitrogens with zero attached hydrogens (tertiary/aromatic N) is 1. The molecule has 5 heteroatoms. The topological polar surface area (TPSA) is 75.4 Å². The normalized spacial score (nSPS) is 17.3. The van der Waals surface area contributed by atoms with Crippen LogP contribution in [0.1, 0.15) is 45.5 Å². The molecule has 0 spiro atoms. The summed E-state index contributed by atoms with van der Waals surface area (Å²) in [6.45, 7) is 8.43. The minimum atomic E-state index is -0.221. The highest BCUT2D eigenvalue weighted by Crippen LogP contribution is 2.23. The van der Waals surface area contributed by atoms with Crippen molar-refractivity contribution < 1.29 is 9.59 Å². The van der Waals surface area contributed by atoms with E-state index in [9.17, 15) is 9.59 Å². The Labute approximate surface area is 166 Å². The Morgan fingerprint density at radius 3 is 2.54 bits per heavy atom. The Balaban J connectivity index is 1.71. The molecule has 1 atom stereocenters. The van der Waals surface area contributed by atoms with E-state index in [1.54, 1.807) is 0 Å². The number of rotatable bonds is 5. The summed E-state index contributed by atoms with van der Waals surface area (Å²) in [5.41, 5.74) is 11.4. The standard InChI is InChI=1S/C23H29N3O2/c1-15-10-16(2)21(17(3)11-15)25-23(28)19-7-4-6-18(12-19)13-26-9-5-8-20(14-26)22(24)27/h4,6-7,10-12,20H,5,8-9,13-14H2,1-3H3,(H2,24,27)(H,25,28)/t20-/m1/s1. The summed E-state index contributed by atoms with van der Waals surface area (Å²) in [5.74, 6) is -0.403. The molecule has 1 fully saturated rings. The summed E-state index contributed by atoms with van der Waals surface area (Å²) in [5, 5.41) is 3.06. The molecule has 0 bridgehead atoms. The van der Waals surface area contributed by atoms with Gasteiger partial charge < -0.3 is 11.1 Å². The van der Waals surface area contributed by atoms with Crippen molar-refractivity contribution in [3.8, 4) is 0 Å². The average Bonchev–Trinajstić information content (AvgIpc) is 2.65. The lowest BCUT2D eigenvalue weighted by Crippen LogP contribution is -2.40. The number of likely N-dealkylation sites (tertiary alicyclic amines) is 1. The van der Waals surface area contributed by atoms with Crippen LogP contribution in [0.5, 0.6) is 0 Å². The van der Waals surface area contributed by atoms with Crippen molar-refractivity contribution in [3.05, 3.63) is 64.2 Å². The predicted molar refractivity (Wildman–Crippen MR) is 112 cm³/mol. The van der Waals surface area contributed by atoms with Crippen LogP contribution in [0.2, 0.25) is 0 Å². The molecule has 0 unspecified atom stereocenters. The van der Waals surface area contributed by atoms with E-state index in [2.05, 4.69) is 29.3 Å². The van der Waals surface area contributed by atoms with Gasteiger partial charge in [0.15, 0.2) is 0 Å². The molecule has 1 heterocycles. The molecule has 1 aliphatic heterocycles. The van der Waals surface area contributed by atoms with Crippen molar-refractivity contribution in [2.24, 2.45) is 11.7 Å². The number of primary amides is 1. The maximum absolute atomic E-state index is 12.8. The molecule has 2 aromatic carbocycles. The first kappa shape index (κ1) is 20.1. The Bertz CT molecular complexity index is 868. The van der Waals surface area contributed by atoms with E-state index in [-0.39, 0.29) is 17.7 Å². The number of carbonyl (C=O) groups excluding carboxylic acids is 2. The average molecular weight is 380 g/mol. The molecule has 0 aliphatic carbocycles. The number of piperidine rings is 1. The zero-order valence-electron chi connectivity index (χ0n) is 16.9. The van der Waals surface area contributed by atoms with Crippen molar-refractivity contribution in [2.75, 3.05) is 18.4 Å². The Morgan fingerprint density at radius 2 is 1.86 bits per heavy atom. The van der Waals surface area contributed by atoms with Gasteiger partial charge in [-0.3, -0.25) is 14.5 Å². The molecule has 1 aliphatic rings. The molecule has 5 nitrogen and oxygen atoms in total. The second-order valence-electron chi connectivity index (χ2n) is 7.90. The first-order valence-corrected chi connectivity index (χ1v) is 9.83. The summed E-state index contributed by atoms with van der Waals surface area (Å²) >= 11 is 0. The first-order chi connectivity index (χ1) is 13.3. The lowest BCUT2D eigenvalue weighted by molar-refractivity contribution is -0.123. The fourth-order valence-corrected chi connectivity index (χ4v) is 4.06. The number of nitrogens with two attached hydrogens (primary N) is 1. The summed E-state index contributed by atoms with van der Waals surface area (Å²) in [6.07, 6.45) is 1.84. The number of hydrogen-bond acceptors (Lipinski definition) is 3. The van der Waals surface area contributed by atoms with Crippen LogP contribution in [-0.2, 0) is 11.3 Å². The molecular weight excluding hydrogens is 350 g/mol. The maximum Gasteiger partial charge on any atom is 0.255 e. The van der Waals surface area contributed by atoms with Crippen LogP contribution in [0.15, 0.2) is 36.4 Å². The summed E-state index contributed by atoms with van der Waals surface area (Å²) in [6, 6.07) is 11.8. The van der Waals surface area contributed by atoms with Gasteiger partial charge in [-0.1, -0.05) is 29.8 Å². The van der Waals surface area contributed by atoms with Crippen molar-refractivity contribution in [1.82, 2.24) is 4.90 Å². The van der Waals surface area contributed by atoms with E-state index in [4.69, 9.17) is 5.73 Å². The molecule has 148 valence electrons. The van der Waals surface area contributed by atoms with E-state index < -0.39 is 0 Å². The van der Waals surface area contributed by atoms with Gasteiger partial charge in [0.05, 0.1) is 5.92 Å². The van der Waals surface area contributed by atoms with Gasteiger partial charge in [0.1, 0.15) is 0 Å². The van der Waals surface area contributed by atoms with E-state index in [0.717, 1.165) is 41.8 Å². The van der Waals surface area contributed by atoms with Gasteiger partial charge in [-0.05, 0) is 69.0 Å². The monoisotopic (exact) mass is 379 g/mol. The lowest BCUT2D eigenvalue weighted by atomic mass is 9.97. The van der Waals surface area contributed by atoms with Crippen LogP contribution in [0, 0.1) is 26.7 Å². The van der Waals surface area contributed by atoms with E-state index in [1.807, 2.05) is 38.1 Å². The molecule has 2 amide bonds. The Hall–Kier alpha value is -2.66. The van der Waals surface area contributed by atoms with Gasteiger partial charge >= 0.3 is 0 Å². The minimum Gasteiger partial charge on any atom is -0.369 e. The van der Waals surface area contributed by atoms with Crippen LogP contribution >= 0.6 is 0 Å². The third-order valence-corrected chi connectivity index (χ3v) is 5.42. The number of hydrogen-bond donors (Lipinski definition) is 2. The first-order valence-electron chi connectivity index (χ1n) is 9.83. The van der Waals surface area contributed by atoms with Crippen molar-refractivity contribution in [2.45, 2.75) is 40.2 Å². The van der Waals surface area contributed by atoms with Gasteiger partial charge in [0.25, 0.3) is 5.91 Å². The largest absolute Gasteiger partial charge is 0.369 e. The van der Waals surface area contributed by atoms with Crippen molar-refractivity contribution in [1.29, 1.82) is 0 Å². The smallest absolute Gasteiger partial charge is 0.255 e. The van der Waals surface area contributed by atoms with E-state index in [1.165, 1.54) is 5.56 Å². The zero-order valence-corrected chi connectivity index (χ0v) is 16.9. The van der Waals surface area contributed by atoms with Gasteiger partial charge in [-0.2, -0.15) is 0 Å². The van der Waals surface area contributed by atoms with E-state index in [0.29, 0.717) is 18.7 Å². The molecule has 0 aromatic heterocycles. The van der Waals surface area contributed by atoms with Crippen LogP contribution < -0.4 is 11.1 Å². The second-order valence-corrected chi connectivity index (χ2v) is 7.90. The Kier molecular flexibility index (Phi) is 6.15. The fraction of sp³-hybridized carbons (Fsp3) is 0.391. The number of nitrogens with one attached hydrogen (secondary N) is 1. The molecule has 2 aromatic rings. The number of benzene rings is 2. The van der Waals surface area contributed by atoms with Crippen LogP contribution in [0.4, 0.5) is 5.69 Å². The number of anilines is 1. The Morgan fingerprint density at radius 1 is 1.14 bits per heavy atom. The van der Waals surface area contributed by atoms with Crippen LogP contribution in [-0.4, -0.2) is 29.8 Å². The number of carbonyl (C=O) groups is 2. The molecule has 0 saturated carbocycles. The quantitative estimate of drug-likeness (QED) is 0.834. The zero-order chi connectivity index (χ0) is 20.3. The van der Waals surface area contributed by atoms with Gasteiger partial charge in [0, 0.05) is 24.3 Å². The molecule has 0 radical (unpaired) electrons. The highest BCUT2D eigenvalue weighted by Gasteiger charge is 2.24. The van der Waals surface area contributed by atoms with Gasteiger partial charge in [-0.25, -0.2) is 0 Å². The molecular formula is C23H29N3O2. The van der Waals surface area contributed by atoms with Crippen molar-refractivity contribution >= 4 is 17.5 Å².